The van der Waals surface area contributed by atoms with Gasteiger partial charge in [-0.05, 0) is 45.7 Å². The van der Waals surface area contributed by atoms with E-state index in [0.29, 0.717) is 0 Å². The molecule has 86 valence electrons. The second-order valence-electron chi connectivity index (χ2n) is 3.16. The molecule has 1 aliphatic heterocycles. The fourth-order valence-corrected chi connectivity index (χ4v) is 1.61. The number of urea groups is 1. The van der Waals surface area contributed by atoms with Crippen LogP contribution in [-0.2, 0) is 9.59 Å². The predicted molar refractivity (Wildman–Crippen MR) is 62.9 cm³/mol. The van der Waals surface area contributed by atoms with Crippen molar-refractivity contribution >= 4 is 49.6 Å². The summed E-state index contributed by atoms with van der Waals surface area (Å²) >= 11 is 6.17. The van der Waals surface area contributed by atoms with Crippen LogP contribution in [0, 0.1) is 0 Å². The van der Waals surface area contributed by atoms with Gasteiger partial charge in [0.1, 0.15) is 5.78 Å². The van der Waals surface area contributed by atoms with Crippen molar-refractivity contribution in [2.24, 2.45) is 0 Å². The van der Waals surface area contributed by atoms with E-state index in [9.17, 15) is 14.4 Å². The first-order valence-electron chi connectivity index (χ1n) is 4.03. The van der Waals surface area contributed by atoms with E-state index in [1.54, 1.807) is 0 Å². The lowest BCUT2D eigenvalue weighted by Gasteiger charge is -2.18. The first-order chi connectivity index (χ1) is 6.62. The van der Waals surface area contributed by atoms with Crippen LogP contribution >= 0.6 is 31.9 Å². The van der Waals surface area contributed by atoms with Gasteiger partial charge in [0.05, 0.1) is 0 Å². The zero-order valence-corrected chi connectivity index (χ0v) is 12.0. The zero-order chi connectivity index (χ0) is 12.4. The average Bonchev–Trinajstić information content (AvgIpc) is 2.21. The van der Waals surface area contributed by atoms with Gasteiger partial charge in [-0.1, -0.05) is 0 Å². The molecule has 1 rings (SSSR count). The Kier molecular flexibility index (Phi) is 4.92. The summed E-state index contributed by atoms with van der Waals surface area (Å²) in [5.74, 6) is -0.148. The molecule has 0 aromatic rings. The molecule has 0 aliphatic carbocycles. The first kappa shape index (κ1) is 14.6. The maximum absolute atomic E-state index is 11.2. The maximum atomic E-state index is 11.2. The number of hydrogen-bond acceptors (Lipinski definition) is 3. The molecule has 7 heteroatoms. The van der Waals surface area contributed by atoms with Crippen molar-refractivity contribution in [1.82, 2.24) is 9.80 Å². The number of amides is 3. The largest absolute Gasteiger partial charge is 0.328 e. The number of alkyl halides is 2. The van der Waals surface area contributed by atoms with Gasteiger partial charge in [0, 0.05) is 14.1 Å². The number of carbonyl (C=O) groups is 3. The fraction of sp³-hybridized carbons (Fsp3) is 0.625. The molecule has 0 radical (unpaired) electrons. The van der Waals surface area contributed by atoms with E-state index in [0.717, 1.165) is 4.90 Å². The lowest BCUT2D eigenvalue weighted by atomic mass is 10.6. The van der Waals surface area contributed by atoms with Crippen LogP contribution in [0.2, 0.25) is 0 Å². The molecular formula is C8H12Br2N2O3. The Bertz CT molecular complexity index is 300. The number of hydrogen-bond donors (Lipinski definition) is 0. The van der Waals surface area contributed by atoms with Crippen LogP contribution in [0.4, 0.5) is 4.79 Å². The van der Waals surface area contributed by atoms with Gasteiger partial charge in [-0.2, -0.15) is 0 Å². The van der Waals surface area contributed by atoms with Crippen molar-refractivity contribution in [2.45, 2.75) is 17.2 Å². The van der Waals surface area contributed by atoms with Gasteiger partial charge >= 0.3 is 6.03 Å². The Morgan fingerprint density at radius 2 is 1.53 bits per heavy atom. The molecular weight excluding hydrogens is 332 g/mol. The molecule has 3 amide bonds. The summed E-state index contributed by atoms with van der Waals surface area (Å²) in [6, 6.07) is -0.330. The van der Waals surface area contributed by atoms with Gasteiger partial charge in [-0.15, -0.1) is 0 Å². The number of nitrogens with zero attached hydrogens (tertiary/aromatic N) is 2. The molecule has 0 atom stereocenters. The highest BCUT2D eigenvalue weighted by Gasteiger charge is 2.51. The summed E-state index contributed by atoms with van der Waals surface area (Å²) in [5.41, 5.74) is 0. The van der Waals surface area contributed by atoms with Gasteiger partial charge in [0.2, 0.25) is 3.36 Å². The summed E-state index contributed by atoms with van der Waals surface area (Å²) in [5, 5.41) is 0. The van der Waals surface area contributed by atoms with Crippen molar-refractivity contribution in [2.75, 3.05) is 14.1 Å². The molecule has 0 spiro atoms. The molecule has 1 aliphatic rings. The summed E-state index contributed by atoms with van der Waals surface area (Å²) in [7, 11) is 2.97. The third-order valence-electron chi connectivity index (χ3n) is 1.56. The van der Waals surface area contributed by atoms with Crippen LogP contribution in [-0.4, -0.2) is 45.0 Å². The van der Waals surface area contributed by atoms with E-state index in [4.69, 9.17) is 0 Å². The van der Waals surface area contributed by atoms with Gasteiger partial charge < -0.3 is 4.79 Å². The molecule has 0 unspecified atom stereocenters. The zero-order valence-electron chi connectivity index (χ0n) is 8.88. The summed E-state index contributed by atoms with van der Waals surface area (Å²) in [6.07, 6.45) is 0. The number of carbonyl (C=O) groups excluding carboxylic acids is 3. The smallest absolute Gasteiger partial charge is 0.300 e. The molecule has 0 aromatic heterocycles. The van der Waals surface area contributed by atoms with Crippen molar-refractivity contribution in [1.29, 1.82) is 0 Å². The van der Waals surface area contributed by atoms with Crippen molar-refractivity contribution in [3.8, 4) is 0 Å². The second kappa shape index (κ2) is 5.07. The molecule has 0 saturated carbocycles. The topological polar surface area (TPSA) is 57.7 Å². The normalized spacial score (nSPS) is 18.8. The monoisotopic (exact) mass is 342 g/mol. The van der Waals surface area contributed by atoms with E-state index < -0.39 is 3.36 Å². The summed E-state index contributed by atoms with van der Waals surface area (Å²) < 4.78 is -1.05. The number of imide groups is 1. The standard InChI is InChI=1S/C5H6Br2N2O2.C3H6O/c1-8-3(10)5(6,7)9(2)4(8)11;1-3(2)4/h1-2H3;1-2H3. The highest BCUT2D eigenvalue weighted by atomic mass is 79.9. The van der Waals surface area contributed by atoms with Crippen molar-refractivity contribution < 1.29 is 14.4 Å². The number of ketones is 1. The lowest BCUT2D eigenvalue weighted by Crippen LogP contribution is -2.35. The Hall–Kier alpha value is -0.430. The minimum Gasteiger partial charge on any atom is -0.300 e. The minimum absolute atomic E-state index is 0.167. The molecule has 0 bridgehead atoms. The Morgan fingerprint density at radius 3 is 1.60 bits per heavy atom. The highest BCUT2D eigenvalue weighted by molar-refractivity contribution is 9.25. The van der Waals surface area contributed by atoms with E-state index in [-0.39, 0.29) is 17.7 Å². The van der Waals surface area contributed by atoms with Crippen LogP contribution in [0.15, 0.2) is 0 Å². The molecule has 1 fully saturated rings. The van der Waals surface area contributed by atoms with E-state index in [2.05, 4.69) is 31.9 Å². The fourth-order valence-electron chi connectivity index (χ4n) is 0.777. The predicted octanol–water partition coefficient (Wildman–Crippen LogP) is 1.55. The number of Topliss-reactive ketones (excluding diaryl/α,β-unsaturated/α-hetero) is 1. The molecule has 1 heterocycles. The Balaban J connectivity index is 0.000000423. The van der Waals surface area contributed by atoms with Gasteiger partial charge in [-0.3, -0.25) is 14.6 Å². The van der Waals surface area contributed by atoms with E-state index in [1.165, 1.54) is 32.8 Å². The molecule has 1 saturated heterocycles. The van der Waals surface area contributed by atoms with Gasteiger partial charge in [-0.25, -0.2) is 4.79 Å². The minimum atomic E-state index is -1.05. The second-order valence-corrected chi connectivity index (χ2v) is 6.51. The molecule has 5 nitrogen and oxygen atoms in total. The van der Waals surface area contributed by atoms with Crippen LogP contribution < -0.4 is 0 Å². The van der Waals surface area contributed by atoms with Crippen LogP contribution in [0.1, 0.15) is 13.8 Å². The van der Waals surface area contributed by atoms with Crippen LogP contribution in [0.3, 0.4) is 0 Å². The number of likely N-dealkylation sites (N-methyl/N-ethyl adjacent to an activating group) is 2. The number of halogens is 2. The van der Waals surface area contributed by atoms with Gasteiger partial charge in [0.15, 0.2) is 0 Å². The van der Waals surface area contributed by atoms with Crippen LogP contribution in [0.5, 0.6) is 0 Å². The summed E-state index contributed by atoms with van der Waals surface area (Å²) in [4.78, 5) is 34.1. The number of rotatable bonds is 0. The Labute approximate surface area is 105 Å². The SMILES string of the molecule is CC(C)=O.CN1C(=O)N(C)C(Br)(Br)C1=O. The Morgan fingerprint density at radius 1 is 1.20 bits per heavy atom. The highest BCUT2D eigenvalue weighted by Crippen LogP contribution is 2.36. The van der Waals surface area contributed by atoms with Crippen molar-refractivity contribution in [3.63, 3.8) is 0 Å². The van der Waals surface area contributed by atoms with E-state index >= 15 is 0 Å². The van der Waals surface area contributed by atoms with Crippen molar-refractivity contribution in [3.05, 3.63) is 0 Å². The third-order valence-corrected chi connectivity index (χ3v) is 3.30. The summed E-state index contributed by atoms with van der Waals surface area (Å²) in [6.45, 7) is 3.06. The molecule has 15 heavy (non-hydrogen) atoms. The van der Waals surface area contributed by atoms with Crippen LogP contribution in [0.25, 0.3) is 0 Å². The molecule has 0 N–H and O–H groups in total. The molecule has 0 aromatic carbocycles. The van der Waals surface area contributed by atoms with Gasteiger partial charge in [0.25, 0.3) is 5.91 Å². The quantitative estimate of drug-likeness (QED) is 0.381. The first-order valence-corrected chi connectivity index (χ1v) is 5.62. The maximum Gasteiger partial charge on any atom is 0.328 e. The third kappa shape index (κ3) is 3.27. The van der Waals surface area contributed by atoms with E-state index in [1.807, 2.05) is 0 Å². The average molecular weight is 344 g/mol. The lowest BCUT2D eigenvalue weighted by molar-refractivity contribution is -0.125.